The second-order valence-electron chi connectivity index (χ2n) is 7.02. The van der Waals surface area contributed by atoms with E-state index in [0.717, 1.165) is 25.0 Å². The number of anilines is 1. The van der Waals surface area contributed by atoms with Crippen molar-refractivity contribution in [1.29, 1.82) is 0 Å². The number of halogens is 4. The van der Waals surface area contributed by atoms with Crippen LogP contribution in [0.5, 0.6) is 11.5 Å². The van der Waals surface area contributed by atoms with Crippen LogP contribution in [0.1, 0.15) is 28.9 Å². The van der Waals surface area contributed by atoms with Gasteiger partial charge in [-0.25, -0.2) is 10.4 Å². The average Bonchev–Trinajstić information content (AvgIpc) is 3.52. The van der Waals surface area contributed by atoms with E-state index in [-0.39, 0.29) is 35.7 Å². The van der Waals surface area contributed by atoms with Gasteiger partial charge < -0.3 is 14.8 Å². The molecule has 1 aromatic carbocycles. The highest BCUT2D eigenvalue weighted by atomic mass is 35.5. The molecule has 1 aromatic heterocycles. The molecule has 3 N–H and O–H groups in total. The third-order valence-corrected chi connectivity index (χ3v) is 4.53. The molecule has 12 heteroatoms. The van der Waals surface area contributed by atoms with Crippen LogP contribution in [0.25, 0.3) is 0 Å². The Morgan fingerprint density at radius 1 is 1.22 bits per heavy atom. The third-order valence-electron chi connectivity index (χ3n) is 4.24. The summed E-state index contributed by atoms with van der Waals surface area (Å²) in [6, 6.07) is 6.37. The Hall–Kier alpha value is -3.05. The van der Waals surface area contributed by atoms with Crippen molar-refractivity contribution < 1.29 is 32.2 Å². The van der Waals surface area contributed by atoms with E-state index in [1.54, 1.807) is 13.0 Å². The van der Waals surface area contributed by atoms with Gasteiger partial charge in [0.15, 0.2) is 0 Å². The standard InChI is InChI=1S/C20H20ClF3N4O4/c1-11-8-13(9-17(26-11)27-18(29)12-2-3-12)19(30)28-25-6-7-31-16-5-4-14(10-15(16)21)32-20(22,23)24/h4-5,8-10,12,25H,2-3,6-7H2,1H3,(H,28,30)(H,26,27,29). The van der Waals surface area contributed by atoms with E-state index in [0.29, 0.717) is 17.1 Å². The van der Waals surface area contributed by atoms with Crippen LogP contribution < -0.4 is 25.6 Å². The zero-order valence-electron chi connectivity index (χ0n) is 16.9. The first-order valence-electron chi connectivity index (χ1n) is 9.61. The number of hydrogen-bond acceptors (Lipinski definition) is 6. The van der Waals surface area contributed by atoms with Crippen molar-refractivity contribution in [3.05, 3.63) is 46.6 Å². The lowest BCUT2D eigenvalue weighted by molar-refractivity contribution is -0.274. The largest absolute Gasteiger partial charge is 0.573 e. The number of pyridine rings is 1. The molecule has 0 radical (unpaired) electrons. The highest BCUT2D eigenvalue weighted by Crippen LogP contribution is 2.32. The van der Waals surface area contributed by atoms with E-state index in [1.165, 1.54) is 12.1 Å². The third kappa shape index (κ3) is 7.27. The van der Waals surface area contributed by atoms with Crippen LogP contribution in [0.15, 0.2) is 30.3 Å². The molecular weight excluding hydrogens is 453 g/mol. The monoisotopic (exact) mass is 472 g/mol. The minimum atomic E-state index is -4.81. The number of hydrogen-bond donors (Lipinski definition) is 3. The predicted octanol–water partition coefficient (Wildman–Crippen LogP) is 3.60. The Kier molecular flexibility index (Phi) is 7.41. The molecule has 1 aliphatic carbocycles. The molecule has 172 valence electrons. The Morgan fingerprint density at radius 3 is 2.62 bits per heavy atom. The molecule has 0 saturated heterocycles. The number of amides is 2. The molecular formula is C20H20ClF3N4O4. The minimum absolute atomic E-state index is 0.0122. The number of benzene rings is 1. The Labute approximate surface area is 186 Å². The molecule has 1 saturated carbocycles. The van der Waals surface area contributed by atoms with Crippen molar-refractivity contribution in [2.75, 3.05) is 18.5 Å². The summed E-state index contributed by atoms with van der Waals surface area (Å²) in [6.45, 7) is 1.95. The SMILES string of the molecule is Cc1cc(C(=O)NNCCOc2ccc(OC(F)(F)F)cc2Cl)cc(NC(=O)C2CC2)n1. The van der Waals surface area contributed by atoms with Crippen molar-refractivity contribution in [3.63, 3.8) is 0 Å². The van der Waals surface area contributed by atoms with E-state index < -0.39 is 18.0 Å². The lowest BCUT2D eigenvalue weighted by Gasteiger charge is -2.13. The van der Waals surface area contributed by atoms with Crippen LogP contribution >= 0.6 is 11.6 Å². The Balaban J connectivity index is 1.44. The molecule has 0 atom stereocenters. The Morgan fingerprint density at radius 2 is 1.97 bits per heavy atom. The van der Waals surface area contributed by atoms with Crippen molar-refractivity contribution in [1.82, 2.24) is 15.8 Å². The number of carbonyl (C=O) groups is 2. The van der Waals surface area contributed by atoms with Gasteiger partial charge >= 0.3 is 6.36 Å². The summed E-state index contributed by atoms with van der Waals surface area (Å²) in [5.41, 5.74) is 6.04. The number of nitrogens with one attached hydrogen (secondary N) is 3. The van der Waals surface area contributed by atoms with E-state index in [1.807, 2.05) is 0 Å². The number of ether oxygens (including phenoxy) is 2. The molecule has 0 aliphatic heterocycles. The van der Waals surface area contributed by atoms with E-state index in [2.05, 4.69) is 25.9 Å². The van der Waals surface area contributed by atoms with Gasteiger partial charge in [-0.05, 0) is 44.0 Å². The smallest absolute Gasteiger partial charge is 0.491 e. The molecule has 1 heterocycles. The highest BCUT2D eigenvalue weighted by Gasteiger charge is 2.31. The van der Waals surface area contributed by atoms with Gasteiger partial charge in [-0.1, -0.05) is 11.6 Å². The van der Waals surface area contributed by atoms with Crippen LogP contribution in [0.4, 0.5) is 19.0 Å². The number of aromatic nitrogens is 1. The molecule has 8 nitrogen and oxygen atoms in total. The number of alkyl halides is 3. The molecule has 1 aliphatic rings. The summed E-state index contributed by atoms with van der Waals surface area (Å²) in [5.74, 6) is -0.526. The summed E-state index contributed by atoms with van der Waals surface area (Å²) >= 11 is 5.89. The van der Waals surface area contributed by atoms with Gasteiger partial charge in [-0.3, -0.25) is 15.0 Å². The fourth-order valence-corrected chi connectivity index (χ4v) is 2.89. The number of nitrogens with zero attached hydrogens (tertiary/aromatic N) is 1. The van der Waals surface area contributed by atoms with Gasteiger partial charge in [0.05, 0.1) is 5.02 Å². The molecule has 0 spiro atoms. The van der Waals surface area contributed by atoms with Crippen LogP contribution in [0.2, 0.25) is 5.02 Å². The van der Waals surface area contributed by atoms with Crippen LogP contribution in [-0.4, -0.2) is 36.3 Å². The van der Waals surface area contributed by atoms with Crippen molar-refractivity contribution in [3.8, 4) is 11.5 Å². The first-order chi connectivity index (χ1) is 15.1. The number of carbonyl (C=O) groups excluding carboxylic acids is 2. The van der Waals surface area contributed by atoms with Gasteiger partial charge in [-0.2, -0.15) is 0 Å². The van der Waals surface area contributed by atoms with Crippen LogP contribution in [-0.2, 0) is 4.79 Å². The first-order valence-corrected chi connectivity index (χ1v) is 9.99. The van der Waals surface area contributed by atoms with E-state index in [4.69, 9.17) is 16.3 Å². The number of rotatable bonds is 9. The second-order valence-corrected chi connectivity index (χ2v) is 7.42. The predicted molar refractivity (Wildman–Crippen MR) is 109 cm³/mol. The lowest BCUT2D eigenvalue weighted by Crippen LogP contribution is -2.39. The average molecular weight is 473 g/mol. The highest BCUT2D eigenvalue weighted by molar-refractivity contribution is 6.32. The van der Waals surface area contributed by atoms with Gasteiger partial charge in [0.2, 0.25) is 5.91 Å². The summed E-state index contributed by atoms with van der Waals surface area (Å²) in [7, 11) is 0. The number of aryl methyl sites for hydroxylation is 1. The maximum Gasteiger partial charge on any atom is 0.573 e. The zero-order chi connectivity index (χ0) is 23.3. The van der Waals surface area contributed by atoms with Crippen molar-refractivity contribution >= 4 is 29.2 Å². The van der Waals surface area contributed by atoms with E-state index >= 15 is 0 Å². The molecule has 1 fully saturated rings. The molecule has 32 heavy (non-hydrogen) atoms. The van der Waals surface area contributed by atoms with Crippen LogP contribution in [0.3, 0.4) is 0 Å². The number of hydrazine groups is 1. The van der Waals surface area contributed by atoms with Crippen molar-refractivity contribution in [2.24, 2.45) is 5.92 Å². The van der Waals surface area contributed by atoms with Crippen molar-refractivity contribution in [2.45, 2.75) is 26.1 Å². The summed E-state index contributed by atoms with van der Waals surface area (Å²) in [5, 5.41) is 2.65. The Bertz CT molecular complexity index is 999. The minimum Gasteiger partial charge on any atom is -0.491 e. The maximum absolute atomic E-state index is 12.3. The van der Waals surface area contributed by atoms with Gasteiger partial charge in [0, 0.05) is 29.8 Å². The molecule has 0 bridgehead atoms. The first kappa shape index (κ1) is 23.6. The second kappa shape index (κ2) is 10.0. The lowest BCUT2D eigenvalue weighted by atomic mass is 10.2. The summed E-state index contributed by atoms with van der Waals surface area (Å²) in [6.07, 6.45) is -3.11. The molecule has 2 amide bonds. The molecule has 3 rings (SSSR count). The summed E-state index contributed by atoms with van der Waals surface area (Å²) < 4.78 is 45.8. The fraction of sp³-hybridized carbons (Fsp3) is 0.350. The molecule has 2 aromatic rings. The van der Waals surface area contributed by atoms with E-state index in [9.17, 15) is 22.8 Å². The summed E-state index contributed by atoms with van der Waals surface area (Å²) in [4.78, 5) is 28.4. The van der Waals surface area contributed by atoms with Gasteiger partial charge in [-0.15, -0.1) is 13.2 Å². The van der Waals surface area contributed by atoms with Crippen LogP contribution in [0, 0.1) is 12.8 Å². The topological polar surface area (TPSA) is 102 Å². The quantitative estimate of drug-likeness (QED) is 0.381. The zero-order valence-corrected chi connectivity index (χ0v) is 17.6. The fourth-order valence-electron chi connectivity index (χ4n) is 2.66. The van der Waals surface area contributed by atoms with Gasteiger partial charge in [0.1, 0.15) is 23.9 Å². The maximum atomic E-state index is 12.3. The normalized spacial score (nSPS) is 13.4. The molecule has 0 unspecified atom stereocenters. The van der Waals surface area contributed by atoms with Gasteiger partial charge in [0.25, 0.3) is 5.91 Å².